The maximum absolute atomic E-state index is 11.6. The Balaban J connectivity index is 2.92. The van der Waals surface area contributed by atoms with E-state index in [1.807, 2.05) is 6.92 Å². The predicted octanol–water partition coefficient (Wildman–Crippen LogP) is 3.53. The van der Waals surface area contributed by atoms with Gasteiger partial charge in [0.25, 0.3) is 0 Å². The van der Waals surface area contributed by atoms with Crippen LogP contribution in [-0.2, 0) is 14.9 Å². The van der Waals surface area contributed by atoms with Crippen LogP contribution < -0.4 is 0 Å². The second-order valence-electron chi connectivity index (χ2n) is 5.18. The predicted molar refractivity (Wildman–Crippen MR) is 70.2 cm³/mol. The normalized spacial score (nSPS) is 11.4. The molecule has 0 N–H and O–H groups in total. The fraction of sp³-hybridized carbons (Fsp3) is 0.533. The molecule has 2 nitrogen and oxygen atoms in total. The SMILES string of the molecule is CCOC(=O)CC(C)(C)c1ccc(C)cc1C. The lowest BCUT2D eigenvalue weighted by molar-refractivity contribution is -0.144. The highest BCUT2D eigenvalue weighted by Gasteiger charge is 2.26. The van der Waals surface area contributed by atoms with Crippen molar-refractivity contribution < 1.29 is 9.53 Å². The molecule has 0 unspecified atom stereocenters. The Morgan fingerprint density at radius 1 is 1.29 bits per heavy atom. The Morgan fingerprint density at radius 2 is 1.94 bits per heavy atom. The average Bonchev–Trinajstić information content (AvgIpc) is 2.15. The Labute approximate surface area is 104 Å². The van der Waals surface area contributed by atoms with E-state index in [2.05, 4.69) is 45.9 Å². The summed E-state index contributed by atoms with van der Waals surface area (Å²) in [6, 6.07) is 6.36. The molecule has 0 saturated carbocycles. The second-order valence-corrected chi connectivity index (χ2v) is 5.18. The monoisotopic (exact) mass is 234 g/mol. The molecule has 0 saturated heterocycles. The molecule has 1 aromatic rings. The van der Waals surface area contributed by atoms with E-state index >= 15 is 0 Å². The van der Waals surface area contributed by atoms with Crippen molar-refractivity contribution in [2.45, 2.75) is 46.5 Å². The Kier molecular flexibility index (Phi) is 4.33. The van der Waals surface area contributed by atoms with Crippen LogP contribution >= 0.6 is 0 Å². The lowest BCUT2D eigenvalue weighted by Crippen LogP contribution is -2.24. The molecule has 0 aliphatic rings. The van der Waals surface area contributed by atoms with Crippen LogP contribution in [0.15, 0.2) is 18.2 Å². The minimum Gasteiger partial charge on any atom is -0.466 e. The standard InChI is InChI=1S/C15H22O2/c1-6-17-14(16)10-15(4,5)13-8-7-11(2)9-12(13)3/h7-9H,6,10H2,1-5H3. The van der Waals surface area contributed by atoms with Gasteiger partial charge >= 0.3 is 5.97 Å². The molecule has 1 rings (SSSR count). The zero-order valence-electron chi connectivity index (χ0n) is 11.5. The van der Waals surface area contributed by atoms with E-state index in [1.54, 1.807) is 0 Å². The minimum absolute atomic E-state index is 0.127. The summed E-state index contributed by atoms with van der Waals surface area (Å²) < 4.78 is 5.02. The molecule has 0 fully saturated rings. The molecule has 0 radical (unpaired) electrons. The topological polar surface area (TPSA) is 26.3 Å². The summed E-state index contributed by atoms with van der Waals surface area (Å²) in [4.78, 5) is 11.6. The second kappa shape index (κ2) is 5.35. The number of rotatable bonds is 4. The Bertz CT molecular complexity index is 405. The molecule has 0 heterocycles. The van der Waals surface area contributed by atoms with Crippen molar-refractivity contribution in [2.24, 2.45) is 0 Å². The highest BCUT2D eigenvalue weighted by Crippen LogP contribution is 2.30. The summed E-state index contributed by atoms with van der Waals surface area (Å²) in [6.07, 6.45) is 0.421. The lowest BCUT2D eigenvalue weighted by Gasteiger charge is -2.26. The molecule has 0 aliphatic carbocycles. The number of carbonyl (C=O) groups is 1. The third-order valence-electron chi connectivity index (χ3n) is 3.00. The average molecular weight is 234 g/mol. The summed E-state index contributed by atoms with van der Waals surface area (Å²) in [7, 11) is 0. The maximum atomic E-state index is 11.6. The third-order valence-corrected chi connectivity index (χ3v) is 3.00. The molecule has 0 spiro atoms. The number of carbonyl (C=O) groups excluding carboxylic acids is 1. The van der Waals surface area contributed by atoms with Gasteiger partial charge in [-0.05, 0) is 31.9 Å². The summed E-state index contributed by atoms with van der Waals surface area (Å²) >= 11 is 0. The van der Waals surface area contributed by atoms with Crippen LogP contribution in [0.1, 0.15) is 43.9 Å². The molecule has 0 amide bonds. The zero-order chi connectivity index (χ0) is 13.1. The van der Waals surface area contributed by atoms with Crippen LogP contribution in [0.25, 0.3) is 0 Å². The molecule has 17 heavy (non-hydrogen) atoms. The third kappa shape index (κ3) is 3.58. The first-order valence-electron chi connectivity index (χ1n) is 6.10. The van der Waals surface area contributed by atoms with Crippen molar-refractivity contribution in [1.29, 1.82) is 0 Å². The molecule has 1 aromatic carbocycles. The molecule has 0 aromatic heterocycles. The van der Waals surface area contributed by atoms with Crippen LogP contribution in [0.4, 0.5) is 0 Å². The van der Waals surface area contributed by atoms with Crippen LogP contribution in [-0.4, -0.2) is 12.6 Å². The zero-order valence-corrected chi connectivity index (χ0v) is 11.5. The fourth-order valence-corrected chi connectivity index (χ4v) is 2.24. The van der Waals surface area contributed by atoms with Crippen molar-refractivity contribution in [3.05, 3.63) is 34.9 Å². The van der Waals surface area contributed by atoms with Crippen molar-refractivity contribution in [1.82, 2.24) is 0 Å². The molecule has 94 valence electrons. The Morgan fingerprint density at radius 3 is 2.47 bits per heavy atom. The quantitative estimate of drug-likeness (QED) is 0.745. The van der Waals surface area contributed by atoms with E-state index in [-0.39, 0.29) is 11.4 Å². The molecule has 0 atom stereocenters. The van der Waals surface area contributed by atoms with Gasteiger partial charge in [0.2, 0.25) is 0 Å². The van der Waals surface area contributed by atoms with Crippen LogP contribution in [0.5, 0.6) is 0 Å². The highest BCUT2D eigenvalue weighted by atomic mass is 16.5. The first-order chi connectivity index (χ1) is 7.86. The fourth-order valence-electron chi connectivity index (χ4n) is 2.24. The van der Waals surface area contributed by atoms with Gasteiger partial charge in [0.05, 0.1) is 13.0 Å². The van der Waals surface area contributed by atoms with Gasteiger partial charge in [-0.1, -0.05) is 37.6 Å². The summed E-state index contributed by atoms with van der Waals surface area (Å²) in [5, 5.41) is 0. The summed E-state index contributed by atoms with van der Waals surface area (Å²) in [5.41, 5.74) is 3.53. The van der Waals surface area contributed by atoms with Gasteiger partial charge in [-0.25, -0.2) is 0 Å². The molecular formula is C15H22O2. The van der Waals surface area contributed by atoms with Gasteiger partial charge in [-0.2, -0.15) is 0 Å². The highest BCUT2D eigenvalue weighted by molar-refractivity contribution is 5.71. The summed E-state index contributed by atoms with van der Waals surface area (Å²) in [5.74, 6) is -0.127. The van der Waals surface area contributed by atoms with E-state index < -0.39 is 0 Å². The number of hydrogen-bond acceptors (Lipinski definition) is 2. The van der Waals surface area contributed by atoms with E-state index in [4.69, 9.17) is 4.74 Å². The van der Waals surface area contributed by atoms with E-state index in [9.17, 15) is 4.79 Å². The maximum Gasteiger partial charge on any atom is 0.306 e. The molecular weight excluding hydrogens is 212 g/mol. The Hall–Kier alpha value is -1.31. The number of esters is 1. The van der Waals surface area contributed by atoms with Crippen LogP contribution in [0.2, 0.25) is 0 Å². The van der Waals surface area contributed by atoms with Gasteiger partial charge in [0.15, 0.2) is 0 Å². The van der Waals surface area contributed by atoms with Crippen LogP contribution in [0.3, 0.4) is 0 Å². The number of hydrogen-bond donors (Lipinski definition) is 0. The lowest BCUT2D eigenvalue weighted by atomic mass is 9.79. The number of ether oxygens (including phenoxy) is 1. The molecule has 0 aliphatic heterocycles. The smallest absolute Gasteiger partial charge is 0.306 e. The number of benzene rings is 1. The van der Waals surface area contributed by atoms with Gasteiger partial charge in [-0.3, -0.25) is 4.79 Å². The van der Waals surface area contributed by atoms with Gasteiger partial charge in [-0.15, -0.1) is 0 Å². The van der Waals surface area contributed by atoms with E-state index in [0.717, 1.165) is 0 Å². The van der Waals surface area contributed by atoms with Crippen molar-refractivity contribution in [3.63, 3.8) is 0 Å². The number of aryl methyl sites for hydroxylation is 2. The van der Waals surface area contributed by atoms with E-state index in [0.29, 0.717) is 13.0 Å². The van der Waals surface area contributed by atoms with Crippen LogP contribution in [0, 0.1) is 13.8 Å². The first kappa shape index (κ1) is 13.8. The minimum atomic E-state index is -0.177. The van der Waals surface area contributed by atoms with Gasteiger partial charge < -0.3 is 4.74 Å². The van der Waals surface area contributed by atoms with Crippen molar-refractivity contribution >= 4 is 5.97 Å². The first-order valence-corrected chi connectivity index (χ1v) is 6.10. The van der Waals surface area contributed by atoms with Gasteiger partial charge in [0.1, 0.15) is 0 Å². The molecule has 0 bridgehead atoms. The molecule has 2 heteroatoms. The van der Waals surface area contributed by atoms with Crippen molar-refractivity contribution in [2.75, 3.05) is 6.61 Å². The van der Waals surface area contributed by atoms with Crippen molar-refractivity contribution in [3.8, 4) is 0 Å². The van der Waals surface area contributed by atoms with E-state index in [1.165, 1.54) is 16.7 Å². The van der Waals surface area contributed by atoms with Gasteiger partial charge in [0, 0.05) is 5.41 Å². The summed E-state index contributed by atoms with van der Waals surface area (Å²) in [6.45, 7) is 10.6. The largest absolute Gasteiger partial charge is 0.466 e.